The van der Waals surface area contributed by atoms with E-state index >= 15 is 0 Å². The highest BCUT2D eigenvalue weighted by atomic mass is 16.3. The van der Waals surface area contributed by atoms with Crippen LogP contribution < -0.4 is 11.1 Å². The highest BCUT2D eigenvalue weighted by molar-refractivity contribution is 5.97. The van der Waals surface area contributed by atoms with E-state index in [0.717, 1.165) is 6.42 Å². The minimum absolute atomic E-state index is 0.0181. The third kappa shape index (κ3) is 2.73. The normalized spacial score (nSPS) is 14.2. The van der Waals surface area contributed by atoms with Gasteiger partial charge in [-0.25, -0.2) is 0 Å². The zero-order valence-corrected chi connectivity index (χ0v) is 9.66. The van der Waals surface area contributed by atoms with Crippen LogP contribution in [0.25, 0.3) is 0 Å². The van der Waals surface area contributed by atoms with Gasteiger partial charge in [-0.05, 0) is 25.5 Å². The van der Waals surface area contributed by atoms with Crippen molar-refractivity contribution in [1.82, 2.24) is 5.32 Å². The molecule has 1 rings (SSSR count). The minimum atomic E-state index is -0.431. The summed E-state index contributed by atoms with van der Waals surface area (Å²) in [7, 11) is 0. The topological polar surface area (TPSA) is 75.3 Å². The molecule has 4 heteroatoms. The van der Waals surface area contributed by atoms with Crippen LogP contribution in [-0.4, -0.2) is 23.1 Å². The summed E-state index contributed by atoms with van der Waals surface area (Å²) in [4.78, 5) is 11.9. The molecular weight excluding hydrogens is 204 g/mol. The molecule has 4 N–H and O–H groups in total. The van der Waals surface area contributed by atoms with Crippen LogP contribution in [0.5, 0.6) is 5.75 Å². The van der Waals surface area contributed by atoms with Crippen molar-refractivity contribution in [3.8, 4) is 5.75 Å². The van der Waals surface area contributed by atoms with Gasteiger partial charge >= 0.3 is 0 Å². The Balaban J connectivity index is 2.84. The first kappa shape index (κ1) is 12.5. The predicted octanol–water partition coefficient (Wildman–Crippen LogP) is 1.25. The van der Waals surface area contributed by atoms with Crippen molar-refractivity contribution in [2.24, 2.45) is 5.73 Å². The molecule has 4 nitrogen and oxygen atoms in total. The number of nitrogens with two attached hydrogens (primary N) is 1. The summed E-state index contributed by atoms with van der Waals surface area (Å²) >= 11 is 0. The lowest BCUT2D eigenvalue weighted by molar-refractivity contribution is 0.0904. The second-order valence-electron chi connectivity index (χ2n) is 4.09. The lowest BCUT2D eigenvalue weighted by Crippen LogP contribution is -2.50. The van der Waals surface area contributed by atoms with Gasteiger partial charge in [-0.2, -0.15) is 0 Å². The maximum Gasteiger partial charge on any atom is 0.255 e. The molecule has 0 aromatic heterocycles. The second kappa shape index (κ2) is 4.99. The zero-order chi connectivity index (χ0) is 12.2. The molecule has 0 saturated carbocycles. The van der Waals surface area contributed by atoms with Crippen molar-refractivity contribution in [1.29, 1.82) is 0 Å². The number of phenolic OH excluding ortho intramolecular Hbond substituents is 1. The number of carbonyl (C=O) groups excluding carboxylic acids is 1. The molecule has 0 aliphatic carbocycles. The predicted molar refractivity (Wildman–Crippen MR) is 63.3 cm³/mol. The maximum absolute atomic E-state index is 11.9. The fourth-order valence-corrected chi connectivity index (χ4v) is 1.29. The van der Waals surface area contributed by atoms with Crippen LogP contribution in [-0.2, 0) is 0 Å². The average molecular weight is 222 g/mol. The molecule has 1 atom stereocenters. The first-order valence-electron chi connectivity index (χ1n) is 5.33. The Kier molecular flexibility index (Phi) is 3.90. The van der Waals surface area contributed by atoms with E-state index in [4.69, 9.17) is 5.73 Å². The maximum atomic E-state index is 11.9. The van der Waals surface area contributed by atoms with Gasteiger partial charge in [0.25, 0.3) is 5.91 Å². The van der Waals surface area contributed by atoms with E-state index in [2.05, 4.69) is 5.32 Å². The van der Waals surface area contributed by atoms with Gasteiger partial charge in [-0.1, -0.05) is 19.1 Å². The van der Waals surface area contributed by atoms with E-state index in [1.54, 1.807) is 18.2 Å². The number of hydrogen-bond donors (Lipinski definition) is 3. The minimum Gasteiger partial charge on any atom is -0.507 e. The summed E-state index contributed by atoms with van der Waals surface area (Å²) < 4.78 is 0. The van der Waals surface area contributed by atoms with Crippen molar-refractivity contribution in [2.75, 3.05) is 6.54 Å². The van der Waals surface area contributed by atoms with Crippen molar-refractivity contribution in [3.05, 3.63) is 29.8 Å². The van der Waals surface area contributed by atoms with E-state index in [9.17, 15) is 9.90 Å². The number of aromatic hydroxyl groups is 1. The molecule has 0 heterocycles. The third-order valence-corrected chi connectivity index (χ3v) is 2.79. The Morgan fingerprint density at radius 1 is 1.50 bits per heavy atom. The smallest absolute Gasteiger partial charge is 0.255 e. The van der Waals surface area contributed by atoms with Gasteiger partial charge in [-0.3, -0.25) is 4.79 Å². The largest absolute Gasteiger partial charge is 0.507 e. The summed E-state index contributed by atoms with van der Waals surface area (Å²) in [6.07, 6.45) is 0.739. The van der Waals surface area contributed by atoms with E-state index in [1.165, 1.54) is 6.07 Å². The van der Waals surface area contributed by atoms with Crippen molar-refractivity contribution < 1.29 is 9.90 Å². The molecule has 0 aliphatic heterocycles. The lowest BCUT2D eigenvalue weighted by Gasteiger charge is -2.28. The van der Waals surface area contributed by atoms with Gasteiger partial charge in [0.05, 0.1) is 5.56 Å². The van der Waals surface area contributed by atoms with Gasteiger partial charge in [0.15, 0.2) is 0 Å². The van der Waals surface area contributed by atoms with Crippen LogP contribution in [0.1, 0.15) is 30.6 Å². The van der Waals surface area contributed by atoms with Crippen LogP contribution >= 0.6 is 0 Å². The monoisotopic (exact) mass is 222 g/mol. The van der Waals surface area contributed by atoms with Crippen LogP contribution in [0, 0.1) is 0 Å². The van der Waals surface area contributed by atoms with Gasteiger partial charge in [-0.15, -0.1) is 0 Å². The Morgan fingerprint density at radius 2 is 2.12 bits per heavy atom. The molecular formula is C12H18N2O2. The Labute approximate surface area is 95.5 Å². The molecule has 0 saturated heterocycles. The van der Waals surface area contributed by atoms with Crippen LogP contribution in [0.3, 0.4) is 0 Å². The third-order valence-electron chi connectivity index (χ3n) is 2.79. The van der Waals surface area contributed by atoms with Crippen molar-refractivity contribution in [2.45, 2.75) is 25.8 Å². The number of phenols is 1. The molecule has 1 aromatic carbocycles. The van der Waals surface area contributed by atoms with Crippen LogP contribution in [0.15, 0.2) is 24.3 Å². The van der Waals surface area contributed by atoms with E-state index in [0.29, 0.717) is 6.54 Å². The molecule has 0 fully saturated rings. The summed E-state index contributed by atoms with van der Waals surface area (Å²) in [6, 6.07) is 6.45. The fraction of sp³-hybridized carbons (Fsp3) is 0.417. The first-order valence-corrected chi connectivity index (χ1v) is 5.33. The van der Waals surface area contributed by atoms with Gasteiger partial charge in [0.2, 0.25) is 0 Å². The van der Waals surface area contributed by atoms with E-state index in [1.807, 2.05) is 13.8 Å². The number of amides is 1. The Hall–Kier alpha value is -1.55. The van der Waals surface area contributed by atoms with Gasteiger partial charge < -0.3 is 16.2 Å². The van der Waals surface area contributed by atoms with Gasteiger partial charge in [0.1, 0.15) is 5.75 Å². The molecule has 88 valence electrons. The highest BCUT2D eigenvalue weighted by Crippen LogP contribution is 2.17. The fourth-order valence-electron chi connectivity index (χ4n) is 1.29. The van der Waals surface area contributed by atoms with Crippen LogP contribution in [0.4, 0.5) is 0 Å². The summed E-state index contributed by atoms with van der Waals surface area (Å²) in [6.45, 7) is 4.20. The number of nitrogens with one attached hydrogen (secondary N) is 1. The summed E-state index contributed by atoms with van der Waals surface area (Å²) in [5.74, 6) is -0.316. The quantitative estimate of drug-likeness (QED) is 0.717. The molecule has 1 aromatic rings. The molecule has 1 amide bonds. The van der Waals surface area contributed by atoms with Crippen molar-refractivity contribution >= 4 is 5.91 Å². The van der Waals surface area contributed by atoms with Crippen LogP contribution in [0.2, 0.25) is 0 Å². The SMILES string of the molecule is CCC(C)(CN)NC(=O)c1ccccc1O. The number of rotatable bonds is 4. The van der Waals surface area contributed by atoms with Gasteiger partial charge in [0, 0.05) is 12.1 Å². The second-order valence-corrected chi connectivity index (χ2v) is 4.09. The summed E-state index contributed by atoms with van der Waals surface area (Å²) in [5, 5.41) is 12.4. The molecule has 0 bridgehead atoms. The first-order chi connectivity index (χ1) is 7.52. The average Bonchev–Trinajstić information content (AvgIpc) is 2.29. The molecule has 1 unspecified atom stereocenters. The standard InChI is InChI=1S/C12H18N2O2/c1-3-12(2,8-13)14-11(16)9-6-4-5-7-10(9)15/h4-7,15H,3,8,13H2,1-2H3,(H,14,16). The lowest BCUT2D eigenvalue weighted by atomic mass is 9.98. The number of benzene rings is 1. The molecule has 16 heavy (non-hydrogen) atoms. The number of hydrogen-bond acceptors (Lipinski definition) is 3. The van der Waals surface area contributed by atoms with Crippen molar-refractivity contribution in [3.63, 3.8) is 0 Å². The van der Waals surface area contributed by atoms with E-state index < -0.39 is 5.54 Å². The number of para-hydroxylation sites is 1. The zero-order valence-electron chi connectivity index (χ0n) is 9.66. The molecule has 0 aliphatic rings. The Bertz CT molecular complexity index is 373. The van der Waals surface area contributed by atoms with E-state index in [-0.39, 0.29) is 17.2 Å². The number of carbonyl (C=O) groups is 1. The Morgan fingerprint density at radius 3 is 2.62 bits per heavy atom. The molecule has 0 radical (unpaired) electrons. The molecule has 0 spiro atoms. The highest BCUT2D eigenvalue weighted by Gasteiger charge is 2.23. The summed E-state index contributed by atoms with van der Waals surface area (Å²) in [5.41, 5.74) is 5.45.